The molecule has 1 fully saturated rings. The number of hydrogen-bond donors (Lipinski definition) is 1. The Morgan fingerprint density at radius 3 is 2.85 bits per heavy atom. The van der Waals surface area contributed by atoms with Crippen molar-refractivity contribution in [1.82, 2.24) is 20.2 Å². The monoisotopic (exact) mass is 181 g/mol. The third kappa shape index (κ3) is 1.85. The highest BCUT2D eigenvalue weighted by atomic mass is 15.6. The van der Waals surface area contributed by atoms with Crippen LogP contribution in [0, 0.1) is 5.92 Å². The van der Waals surface area contributed by atoms with Gasteiger partial charge in [-0.15, -0.1) is 10.2 Å². The van der Waals surface area contributed by atoms with Crippen molar-refractivity contribution in [2.24, 2.45) is 18.7 Å². The van der Waals surface area contributed by atoms with Crippen LogP contribution in [0.5, 0.6) is 0 Å². The summed E-state index contributed by atoms with van der Waals surface area (Å²) in [6.07, 6.45) is 4.99. The molecule has 0 aromatic carbocycles. The van der Waals surface area contributed by atoms with Crippen molar-refractivity contribution in [3.8, 4) is 0 Å². The quantitative estimate of drug-likeness (QED) is 0.732. The molecule has 1 aromatic rings. The number of aromatic nitrogens is 4. The topological polar surface area (TPSA) is 69.6 Å². The van der Waals surface area contributed by atoms with E-state index in [-0.39, 0.29) is 6.04 Å². The lowest BCUT2D eigenvalue weighted by Crippen LogP contribution is -2.21. The molecule has 0 amide bonds. The van der Waals surface area contributed by atoms with E-state index in [1.54, 1.807) is 7.05 Å². The molecule has 1 saturated carbocycles. The van der Waals surface area contributed by atoms with Gasteiger partial charge < -0.3 is 5.73 Å². The summed E-state index contributed by atoms with van der Waals surface area (Å²) in [5.74, 6) is 1.47. The van der Waals surface area contributed by atoms with Gasteiger partial charge in [-0.1, -0.05) is 19.3 Å². The van der Waals surface area contributed by atoms with Gasteiger partial charge in [-0.2, -0.15) is 4.80 Å². The van der Waals surface area contributed by atoms with Crippen molar-refractivity contribution >= 4 is 0 Å². The molecule has 0 bridgehead atoms. The van der Waals surface area contributed by atoms with Crippen LogP contribution in [0.25, 0.3) is 0 Å². The smallest absolute Gasteiger partial charge is 0.191 e. The Hall–Kier alpha value is -0.970. The van der Waals surface area contributed by atoms with Gasteiger partial charge in [0.1, 0.15) is 0 Å². The molecule has 1 heterocycles. The Kier molecular flexibility index (Phi) is 2.26. The SMILES string of the molecule is Cn1nnc(C(N)CC2CCC2)n1. The Labute approximate surface area is 77.3 Å². The molecule has 1 atom stereocenters. The number of nitrogens with two attached hydrogens (primary N) is 1. The Bertz CT molecular complexity index is 278. The first-order valence-electron chi connectivity index (χ1n) is 4.75. The molecule has 0 saturated heterocycles. The second-order valence-corrected chi connectivity index (χ2v) is 3.78. The van der Waals surface area contributed by atoms with Crippen LogP contribution in [0.3, 0.4) is 0 Å². The molecular weight excluding hydrogens is 166 g/mol. The van der Waals surface area contributed by atoms with Crippen LogP contribution >= 0.6 is 0 Å². The lowest BCUT2D eigenvalue weighted by Gasteiger charge is -2.26. The van der Waals surface area contributed by atoms with E-state index in [1.165, 1.54) is 24.1 Å². The van der Waals surface area contributed by atoms with Gasteiger partial charge >= 0.3 is 0 Å². The maximum absolute atomic E-state index is 5.94. The molecule has 5 heteroatoms. The standard InChI is InChI=1S/C8H15N5/c1-13-11-8(10-12-13)7(9)5-6-3-2-4-6/h6-7H,2-5,9H2,1H3. The molecule has 2 N–H and O–H groups in total. The molecule has 1 aliphatic rings. The minimum atomic E-state index is -0.0287. The van der Waals surface area contributed by atoms with E-state index in [0.717, 1.165) is 12.3 Å². The molecule has 1 aliphatic carbocycles. The first-order chi connectivity index (χ1) is 6.25. The minimum Gasteiger partial charge on any atom is -0.321 e. The fourth-order valence-electron chi connectivity index (χ4n) is 1.64. The van der Waals surface area contributed by atoms with E-state index in [4.69, 9.17) is 5.73 Å². The molecule has 72 valence electrons. The average Bonchev–Trinajstić information content (AvgIpc) is 2.44. The fraction of sp³-hybridized carbons (Fsp3) is 0.875. The highest BCUT2D eigenvalue weighted by Gasteiger charge is 2.22. The average molecular weight is 181 g/mol. The minimum absolute atomic E-state index is 0.0287. The van der Waals surface area contributed by atoms with Crippen molar-refractivity contribution < 1.29 is 0 Å². The largest absolute Gasteiger partial charge is 0.321 e. The summed E-state index contributed by atoms with van der Waals surface area (Å²) in [5, 5.41) is 11.8. The number of rotatable bonds is 3. The summed E-state index contributed by atoms with van der Waals surface area (Å²) in [6.45, 7) is 0. The van der Waals surface area contributed by atoms with Crippen LogP contribution in [0.2, 0.25) is 0 Å². The molecule has 1 unspecified atom stereocenters. The van der Waals surface area contributed by atoms with Crippen molar-refractivity contribution in [3.63, 3.8) is 0 Å². The van der Waals surface area contributed by atoms with E-state index in [0.29, 0.717) is 5.82 Å². The summed E-state index contributed by atoms with van der Waals surface area (Å²) in [7, 11) is 1.76. The van der Waals surface area contributed by atoms with Gasteiger partial charge in [-0.05, 0) is 17.6 Å². The van der Waals surface area contributed by atoms with E-state index < -0.39 is 0 Å². The predicted molar refractivity (Wildman–Crippen MR) is 47.7 cm³/mol. The van der Waals surface area contributed by atoms with E-state index in [9.17, 15) is 0 Å². The van der Waals surface area contributed by atoms with E-state index >= 15 is 0 Å². The summed E-state index contributed by atoms with van der Waals surface area (Å²) >= 11 is 0. The lowest BCUT2D eigenvalue weighted by molar-refractivity contribution is 0.274. The first kappa shape index (κ1) is 8.62. The maximum Gasteiger partial charge on any atom is 0.191 e. The Morgan fingerprint density at radius 2 is 2.38 bits per heavy atom. The third-order valence-electron chi connectivity index (χ3n) is 2.67. The molecule has 0 spiro atoms. The van der Waals surface area contributed by atoms with Crippen LogP contribution in [0.15, 0.2) is 0 Å². The second kappa shape index (κ2) is 3.41. The van der Waals surface area contributed by atoms with Gasteiger partial charge in [0, 0.05) is 0 Å². The number of nitrogens with zero attached hydrogens (tertiary/aromatic N) is 4. The zero-order valence-corrected chi connectivity index (χ0v) is 7.85. The van der Waals surface area contributed by atoms with E-state index in [1.807, 2.05) is 0 Å². The molecular formula is C8H15N5. The molecule has 0 radical (unpaired) electrons. The number of aryl methyl sites for hydroxylation is 1. The van der Waals surface area contributed by atoms with Gasteiger partial charge in [-0.25, -0.2) is 0 Å². The molecule has 0 aliphatic heterocycles. The first-order valence-corrected chi connectivity index (χ1v) is 4.75. The van der Waals surface area contributed by atoms with Crippen LogP contribution in [0.4, 0.5) is 0 Å². The summed E-state index contributed by atoms with van der Waals surface area (Å²) in [4.78, 5) is 1.45. The van der Waals surface area contributed by atoms with Crippen LogP contribution < -0.4 is 5.73 Å². The summed E-state index contributed by atoms with van der Waals surface area (Å²) < 4.78 is 0. The van der Waals surface area contributed by atoms with Crippen LogP contribution in [-0.4, -0.2) is 20.2 Å². The van der Waals surface area contributed by atoms with Crippen LogP contribution in [0.1, 0.15) is 37.5 Å². The van der Waals surface area contributed by atoms with E-state index in [2.05, 4.69) is 15.4 Å². The number of tetrazole rings is 1. The van der Waals surface area contributed by atoms with Gasteiger partial charge in [0.25, 0.3) is 0 Å². The molecule has 1 aromatic heterocycles. The van der Waals surface area contributed by atoms with Crippen molar-refractivity contribution in [2.75, 3.05) is 0 Å². The van der Waals surface area contributed by atoms with Gasteiger partial charge in [-0.3, -0.25) is 0 Å². The molecule has 2 rings (SSSR count). The number of hydrogen-bond acceptors (Lipinski definition) is 4. The lowest BCUT2D eigenvalue weighted by atomic mass is 9.81. The highest BCUT2D eigenvalue weighted by molar-refractivity contribution is 4.89. The zero-order valence-electron chi connectivity index (χ0n) is 7.85. The second-order valence-electron chi connectivity index (χ2n) is 3.78. The van der Waals surface area contributed by atoms with Gasteiger partial charge in [0.2, 0.25) is 0 Å². The van der Waals surface area contributed by atoms with Crippen molar-refractivity contribution in [2.45, 2.75) is 31.7 Å². The van der Waals surface area contributed by atoms with Crippen LogP contribution in [-0.2, 0) is 7.05 Å². The normalized spacial score (nSPS) is 19.8. The Balaban J connectivity index is 1.92. The fourth-order valence-corrected chi connectivity index (χ4v) is 1.64. The third-order valence-corrected chi connectivity index (χ3v) is 2.67. The van der Waals surface area contributed by atoms with Crippen molar-refractivity contribution in [1.29, 1.82) is 0 Å². The predicted octanol–water partition coefficient (Wildman–Crippen LogP) is 0.400. The van der Waals surface area contributed by atoms with Gasteiger partial charge in [0.05, 0.1) is 13.1 Å². The summed E-state index contributed by atoms with van der Waals surface area (Å²) in [5.41, 5.74) is 5.94. The maximum atomic E-state index is 5.94. The molecule has 5 nitrogen and oxygen atoms in total. The zero-order chi connectivity index (χ0) is 9.26. The molecule has 13 heavy (non-hydrogen) atoms. The van der Waals surface area contributed by atoms with Gasteiger partial charge in [0.15, 0.2) is 5.82 Å². The Morgan fingerprint density at radius 1 is 1.62 bits per heavy atom. The van der Waals surface area contributed by atoms with Crippen molar-refractivity contribution in [3.05, 3.63) is 5.82 Å². The summed E-state index contributed by atoms with van der Waals surface area (Å²) in [6, 6.07) is -0.0287. The highest BCUT2D eigenvalue weighted by Crippen LogP contribution is 2.32.